The van der Waals surface area contributed by atoms with Crippen LogP contribution in [0.4, 0.5) is 0 Å². The molecule has 4 aliphatic rings. The zero-order chi connectivity index (χ0) is 19.2. The highest BCUT2D eigenvalue weighted by molar-refractivity contribution is 5.60. The van der Waals surface area contributed by atoms with Crippen LogP contribution >= 0.6 is 0 Å². The van der Waals surface area contributed by atoms with Gasteiger partial charge in [-0.25, -0.2) is 0 Å². The van der Waals surface area contributed by atoms with E-state index in [1.807, 2.05) is 6.21 Å². The molecule has 4 unspecified atom stereocenters. The Kier molecular flexibility index (Phi) is 5.32. The van der Waals surface area contributed by atoms with Gasteiger partial charge in [-0.05, 0) is 91.8 Å². The van der Waals surface area contributed by atoms with Crippen molar-refractivity contribution in [2.75, 3.05) is 13.2 Å². The lowest BCUT2D eigenvalue weighted by atomic mass is 9.44. The van der Waals surface area contributed by atoms with Gasteiger partial charge in [0.25, 0.3) is 0 Å². The molecule has 154 valence electrons. The lowest BCUT2D eigenvalue weighted by Crippen LogP contribution is -2.58. The van der Waals surface area contributed by atoms with Gasteiger partial charge < -0.3 is 20.8 Å². The highest BCUT2D eigenvalue weighted by atomic mass is 16.6. The van der Waals surface area contributed by atoms with E-state index in [2.05, 4.69) is 19.0 Å². The van der Waals surface area contributed by atoms with Crippen LogP contribution in [0, 0.1) is 40.4 Å². The standard InChI is InChI=1S/C22H38N2O3/c1-21-7-5-14(13-24-27-10-9-23)11-18(21)19(25)12-15-16-3-4-20(26)22(16,2)8-6-17(15)21/h13-20,25-26H,3-12,23H2,1-2H3/b24-13-/t14?,15-,16-,17+,18?,19?,20?,21+,22-/m0/s1. The summed E-state index contributed by atoms with van der Waals surface area (Å²) < 4.78 is 0. The smallest absolute Gasteiger partial charge is 0.129 e. The van der Waals surface area contributed by atoms with Crippen molar-refractivity contribution in [3.05, 3.63) is 0 Å². The van der Waals surface area contributed by atoms with E-state index in [1.165, 1.54) is 6.42 Å². The van der Waals surface area contributed by atoms with E-state index in [0.29, 0.717) is 42.7 Å². The maximum Gasteiger partial charge on any atom is 0.129 e. The molecule has 0 amide bonds. The molecule has 4 aliphatic carbocycles. The fourth-order valence-corrected chi connectivity index (χ4v) is 7.67. The van der Waals surface area contributed by atoms with E-state index >= 15 is 0 Å². The molecule has 0 heterocycles. The fourth-order valence-electron chi connectivity index (χ4n) is 7.67. The Hall–Kier alpha value is -0.650. The summed E-state index contributed by atoms with van der Waals surface area (Å²) in [5, 5.41) is 25.8. The molecule has 4 N–H and O–H groups in total. The normalized spacial score (nSPS) is 52.3. The molecule has 9 atom stereocenters. The summed E-state index contributed by atoms with van der Waals surface area (Å²) in [5.74, 6) is 2.61. The van der Waals surface area contributed by atoms with Gasteiger partial charge in [-0.1, -0.05) is 19.0 Å². The number of hydrogen-bond donors (Lipinski definition) is 3. The number of oxime groups is 1. The molecule has 5 heteroatoms. The van der Waals surface area contributed by atoms with Crippen LogP contribution in [0.2, 0.25) is 0 Å². The summed E-state index contributed by atoms with van der Waals surface area (Å²) in [7, 11) is 0. The Balaban J connectivity index is 1.50. The predicted molar refractivity (Wildman–Crippen MR) is 106 cm³/mol. The molecule has 27 heavy (non-hydrogen) atoms. The maximum absolute atomic E-state index is 11.2. The van der Waals surface area contributed by atoms with Gasteiger partial charge in [0.05, 0.1) is 12.2 Å². The van der Waals surface area contributed by atoms with Crippen molar-refractivity contribution in [1.29, 1.82) is 0 Å². The van der Waals surface area contributed by atoms with Crippen LogP contribution in [-0.4, -0.2) is 41.8 Å². The van der Waals surface area contributed by atoms with Crippen LogP contribution in [0.25, 0.3) is 0 Å². The van der Waals surface area contributed by atoms with E-state index in [0.717, 1.165) is 44.9 Å². The third-order valence-electron chi connectivity index (χ3n) is 9.23. The van der Waals surface area contributed by atoms with E-state index in [-0.39, 0.29) is 23.0 Å². The highest BCUT2D eigenvalue weighted by Gasteiger charge is 2.61. The number of aliphatic hydroxyl groups excluding tert-OH is 2. The first kappa shape index (κ1) is 19.7. The zero-order valence-corrected chi connectivity index (χ0v) is 17.0. The van der Waals surface area contributed by atoms with Crippen LogP contribution in [0.3, 0.4) is 0 Å². The average Bonchev–Trinajstić information content (AvgIpc) is 2.95. The third kappa shape index (κ3) is 3.14. The Morgan fingerprint density at radius 3 is 2.52 bits per heavy atom. The number of aliphatic hydroxyl groups is 2. The number of fused-ring (bicyclic) bond motifs is 5. The van der Waals surface area contributed by atoms with Crippen LogP contribution in [-0.2, 0) is 4.84 Å². The van der Waals surface area contributed by atoms with Gasteiger partial charge in [-0.15, -0.1) is 0 Å². The Labute approximate surface area is 163 Å². The minimum Gasteiger partial charge on any atom is -0.395 e. The van der Waals surface area contributed by atoms with E-state index in [1.54, 1.807) is 0 Å². The second-order valence-electron chi connectivity index (χ2n) is 10.3. The third-order valence-corrected chi connectivity index (χ3v) is 9.23. The molecule has 0 saturated heterocycles. The average molecular weight is 379 g/mol. The lowest BCUT2D eigenvalue weighted by molar-refractivity contribution is -0.165. The van der Waals surface area contributed by atoms with Crippen molar-refractivity contribution < 1.29 is 15.1 Å². The van der Waals surface area contributed by atoms with Gasteiger partial charge in [0.1, 0.15) is 6.61 Å². The topological polar surface area (TPSA) is 88.1 Å². The van der Waals surface area contributed by atoms with Gasteiger partial charge >= 0.3 is 0 Å². The molecule has 0 bridgehead atoms. The van der Waals surface area contributed by atoms with Gasteiger partial charge in [0.2, 0.25) is 0 Å². The van der Waals surface area contributed by atoms with Crippen LogP contribution in [0.1, 0.15) is 65.2 Å². The molecule has 4 rings (SSSR count). The highest BCUT2D eigenvalue weighted by Crippen LogP contribution is 2.66. The monoisotopic (exact) mass is 378 g/mol. The molecule has 0 aromatic rings. The first-order chi connectivity index (χ1) is 12.9. The van der Waals surface area contributed by atoms with Crippen molar-refractivity contribution in [3.63, 3.8) is 0 Å². The molecule has 0 aromatic heterocycles. The molecular formula is C22H38N2O3. The Bertz CT molecular complexity index is 570. The Morgan fingerprint density at radius 2 is 1.74 bits per heavy atom. The molecule has 0 radical (unpaired) electrons. The zero-order valence-electron chi connectivity index (χ0n) is 17.0. The maximum atomic E-state index is 11.2. The molecule has 4 fully saturated rings. The van der Waals surface area contributed by atoms with Gasteiger partial charge in [-0.2, -0.15) is 0 Å². The van der Waals surface area contributed by atoms with E-state index < -0.39 is 0 Å². The first-order valence-corrected chi connectivity index (χ1v) is 11.1. The van der Waals surface area contributed by atoms with Crippen molar-refractivity contribution in [1.82, 2.24) is 0 Å². The van der Waals surface area contributed by atoms with Crippen molar-refractivity contribution >= 4 is 6.21 Å². The molecule has 0 aliphatic heterocycles. The second-order valence-corrected chi connectivity index (χ2v) is 10.3. The summed E-state index contributed by atoms with van der Waals surface area (Å²) in [6.45, 7) is 5.70. The SMILES string of the molecule is C[C@]12CCC(/C=N\OCCN)CC1C(O)C[C@@H]1[C@H]2CC[C@]2(C)C(O)CC[C@@H]12. The first-order valence-electron chi connectivity index (χ1n) is 11.1. The number of hydrogen-bond acceptors (Lipinski definition) is 5. The predicted octanol–water partition coefficient (Wildman–Crippen LogP) is 2.94. The van der Waals surface area contributed by atoms with Crippen LogP contribution < -0.4 is 5.73 Å². The van der Waals surface area contributed by atoms with Gasteiger partial charge in [-0.3, -0.25) is 0 Å². The number of rotatable bonds is 4. The van der Waals surface area contributed by atoms with Gasteiger partial charge in [0.15, 0.2) is 0 Å². The quantitative estimate of drug-likeness (QED) is 0.399. The number of nitrogens with zero attached hydrogens (tertiary/aromatic N) is 1. The lowest BCUT2D eigenvalue weighted by Gasteiger charge is -2.62. The van der Waals surface area contributed by atoms with E-state index in [9.17, 15) is 10.2 Å². The summed E-state index contributed by atoms with van der Waals surface area (Å²) in [5.41, 5.74) is 5.74. The van der Waals surface area contributed by atoms with Crippen molar-refractivity contribution in [2.45, 2.75) is 77.4 Å². The molecule has 5 nitrogen and oxygen atoms in total. The van der Waals surface area contributed by atoms with Gasteiger partial charge in [0, 0.05) is 12.8 Å². The minimum absolute atomic E-state index is 0.0777. The van der Waals surface area contributed by atoms with Crippen molar-refractivity contribution in [2.24, 2.45) is 51.3 Å². The molecule has 0 aromatic carbocycles. The van der Waals surface area contributed by atoms with Crippen LogP contribution in [0.15, 0.2) is 5.16 Å². The van der Waals surface area contributed by atoms with Crippen LogP contribution in [0.5, 0.6) is 0 Å². The van der Waals surface area contributed by atoms with E-state index in [4.69, 9.17) is 10.6 Å². The minimum atomic E-state index is -0.225. The molecule has 0 spiro atoms. The molecular weight excluding hydrogens is 340 g/mol. The number of nitrogens with two attached hydrogens (primary N) is 1. The Morgan fingerprint density at radius 1 is 1.00 bits per heavy atom. The summed E-state index contributed by atoms with van der Waals surface area (Å²) in [4.78, 5) is 5.19. The summed E-state index contributed by atoms with van der Waals surface area (Å²) >= 11 is 0. The fraction of sp³-hybridized carbons (Fsp3) is 0.955. The molecule has 4 saturated carbocycles. The largest absolute Gasteiger partial charge is 0.395 e. The summed E-state index contributed by atoms with van der Waals surface area (Å²) in [6.07, 6.45) is 10.2. The second kappa shape index (κ2) is 7.31. The van der Waals surface area contributed by atoms with Crippen molar-refractivity contribution in [3.8, 4) is 0 Å². The summed E-state index contributed by atoms with van der Waals surface area (Å²) in [6, 6.07) is 0.